The van der Waals surface area contributed by atoms with Crippen molar-refractivity contribution >= 4 is 19.7 Å². The summed E-state index contributed by atoms with van der Waals surface area (Å²) in [5.74, 6) is -0.924. The summed E-state index contributed by atoms with van der Waals surface area (Å²) in [7, 11) is -7.53. The molecule has 2 aliphatic heterocycles. The van der Waals surface area contributed by atoms with Crippen LogP contribution in [0.3, 0.4) is 0 Å². The molecule has 46 heavy (non-hydrogen) atoms. The first-order chi connectivity index (χ1) is 22.0. The van der Waals surface area contributed by atoms with Crippen molar-refractivity contribution in [3.63, 3.8) is 0 Å². The summed E-state index contributed by atoms with van der Waals surface area (Å²) >= 11 is 0. The molecule has 0 radical (unpaired) electrons. The Morgan fingerprint density at radius 2 is 1.00 bits per heavy atom. The first-order valence-corrected chi connectivity index (χ1v) is 17.7. The van der Waals surface area contributed by atoms with Gasteiger partial charge in [-0.2, -0.15) is 20.5 Å². The molecule has 2 aromatic carbocycles. The smallest absolute Gasteiger partial charge is 0.239 e. The summed E-state index contributed by atoms with van der Waals surface area (Å²) in [6, 6.07) is 21.7. The SMILES string of the molecule is N#C[C@@H]1C[C@H]1S(=O)(=O)c1nc2n(n1)[C@H](c1ccccc1)C[C@@H]2F.N#C[C@H]1C[C@@H]1S(=O)(=O)c1nc2n(n1)[C@H](c1ccccc1)C[C@@H]2F. The first-order valence-electron chi connectivity index (χ1n) is 14.6. The Morgan fingerprint density at radius 1 is 0.630 bits per heavy atom. The maximum absolute atomic E-state index is 14.2. The van der Waals surface area contributed by atoms with Crippen molar-refractivity contribution in [1.29, 1.82) is 10.5 Å². The number of fused-ring (bicyclic) bond motifs is 2. The Bertz CT molecular complexity index is 1960. The molecule has 0 saturated heterocycles. The molecule has 16 heteroatoms. The Morgan fingerprint density at radius 3 is 1.33 bits per heavy atom. The van der Waals surface area contributed by atoms with Gasteiger partial charge >= 0.3 is 0 Å². The minimum Gasteiger partial charge on any atom is -0.239 e. The number of hydrogen-bond acceptors (Lipinski definition) is 10. The van der Waals surface area contributed by atoms with E-state index in [0.717, 1.165) is 11.1 Å². The maximum atomic E-state index is 14.2. The van der Waals surface area contributed by atoms with Gasteiger partial charge in [-0.05, 0) is 24.0 Å². The number of halogens is 2. The lowest BCUT2D eigenvalue weighted by atomic mass is 10.0. The van der Waals surface area contributed by atoms with Gasteiger partial charge in [-0.1, -0.05) is 60.7 Å². The molecule has 4 heterocycles. The van der Waals surface area contributed by atoms with Gasteiger partial charge < -0.3 is 0 Å². The fourth-order valence-corrected chi connectivity index (χ4v) is 9.33. The highest BCUT2D eigenvalue weighted by atomic mass is 32.2. The second-order valence-electron chi connectivity index (χ2n) is 11.8. The highest BCUT2D eigenvalue weighted by molar-refractivity contribution is 7.92. The zero-order chi connectivity index (χ0) is 32.4. The number of aromatic nitrogens is 6. The van der Waals surface area contributed by atoms with Crippen LogP contribution < -0.4 is 0 Å². The second-order valence-corrected chi connectivity index (χ2v) is 15.9. The van der Waals surface area contributed by atoms with Crippen LogP contribution in [0.5, 0.6) is 0 Å². The van der Waals surface area contributed by atoms with Gasteiger partial charge in [0.2, 0.25) is 19.7 Å². The second kappa shape index (κ2) is 11.1. The Kier molecular flexibility index (Phi) is 7.25. The van der Waals surface area contributed by atoms with Crippen LogP contribution in [0, 0.1) is 34.5 Å². The Labute approximate surface area is 263 Å². The van der Waals surface area contributed by atoms with Gasteiger partial charge in [0.15, 0.2) is 24.0 Å². The predicted molar refractivity (Wildman–Crippen MR) is 156 cm³/mol. The highest BCUT2D eigenvalue weighted by Crippen LogP contribution is 2.44. The molecule has 2 fully saturated rings. The fourth-order valence-electron chi connectivity index (χ4n) is 6.04. The van der Waals surface area contributed by atoms with E-state index in [0.29, 0.717) is 12.8 Å². The van der Waals surface area contributed by atoms with Gasteiger partial charge in [0.05, 0.1) is 46.6 Å². The monoisotopic (exact) mass is 664 g/mol. The van der Waals surface area contributed by atoms with Crippen LogP contribution in [0.2, 0.25) is 0 Å². The van der Waals surface area contributed by atoms with Crippen molar-refractivity contribution in [2.24, 2.45) is 11.8 Å². The van der Waals surface area contributed by atoms with Crippen LogP contribution in [0.4, 0.5) is 8.78 Å². The average molecular weight is 665 g/mol. The van der Waals surface area contributed by atoms with Gasteiger partial charge in [0.1, 0.15) is 0 Å². The summed E-state index contributed by atoms with van der Waals surface area (Å²) < 4.78 is 80.9. The van der Waals surface area contributed by atoms with Crippen molar-refractivity contribution in [3.8, 4) is 12.1 Å². The van der Waals surface area contributed by atoms with Gasteiger partial charge in [-0.3, -0.25) is 0 Å². The molecular formula is C30H26F2N8O4S2. The lowest BCUT2D eigenvalue weighted by Gasteiger charge is -2.11. The summed E-state index contributed by atoms with van der Waals surface area (Å²) in [5.41, 5.74) is 1.73. The summed E-state index contributed by atoms with van der Waals surface area (Å²) in [6.07, 6.45) is -1.70. The molecule has 2 saturated carbocycles. The molecule has 4 aliphatic rings. The van der Waals surface area contributed by atoms with Crippen molar-refractivity contribution < 1.29 is 25.6 Å². The fraction of sp³-hybridized carbons (Fsp3) is 0.400. The molecule has 8 rings (SSSR count). The van der Waals surface area contributed by atoms with E-state index < -0.39 is 54.4 Å². The number of nitriles is 2. The Hall–Kier alpha value is -4.54. The summed E-state index contributed by atoms with van der Waals surface area (Å²) in [6.45, 7) is 0. The quantitative estimate of drug-likeness (QED) is 0.293. The van der Waals surface area contributed by atoms with Crippen LogP contribution in [0.15, 0.2) is 71.0 Å². The standard InChI is InChI=1S/2C15H13FN4O2S/c2*16-11-7-12(9-4-2-1-3-5-9)20-14(11)18-15(19-20)23(21,22)13-6-10(13)8-17/h2*1-5,10-13H,6-7H2/t10-,11+,12+,13+;10-,11-,12-,13+/m10/s1. The highest BCUT2D eigenvalue weighted by Gasteiger charge is 2.52. The van der Waals surface area contributed by atoms with Crippen molar-refractivity contribution in [3.05, 3.63) is 83.4 Å². The van der Waals surface area contributed by atoms with E-state index in [1.54, 1.807) is 0 Å². The normalized spacial score (nSPS) is 29.0. The lowest BCUT2D eigenvalue weighted by molar-refractivity contribution is 0.326. The third-order valence-corrected chi connectivity index (χ3v) is 12.8. The van der Waals surface area contributed by atoms with Gasteiger partial charge in [-0.25, -0.2) is 35.0 Å². The number of sulfone groups is 2. The number of alkyl halides is 2. The molecule has 0 N–H and O–H groups in total. The molecule has 0 spiro atoms. The van der Waals surface area contributed by atoms with Crippen LogP contribution >= 0.6 is 0 Å². The van der Waals surface area contributed by atoms with Gasteiger partial charge in [0, 0.05) is 12.8 Å². The predicted octanol–water partition coefficient (Wildman–Crippen LogP) is 3.94. The molecule has 2 aliphatic carbocycles. The molecule has 0 amide bonds. The van der Waals surface area contributed by atoms with Gasteiger partial charge in [0.25, 0.3) is 10.3 Å². The van der Waals surface area contributed by atoms with E-state index in [2.05, 4.69) is 20.2 Å². The third-order valence-electron chi connectivity index (χ3n) is 8.76. The molecule has 8 atom stereocenters. The number of nitrogens with zero attached hydrogens (tertiary/aromatic N) is 8. The Balaban J connectivity index is 0.000000147. The number of rotatable bonds is 6. The molecule has 12 nitrogen and oxygen atoms in total. The minimum absolute atomic E-state index is 0.0478. The topological polar surface area (TPSA) is 177 Å². The van der Waals surface area contributed by atoms with Crippen molar-refractivity contribution in [1.82, 2.24) is 29.5 Å². The molecule has 4 aromatic rings. The molecular weight excluding hydrogens is 639 g/mol. The van der Waals surface area contributed by atoms with E-state index in [4.69, 9.17) is 10.5 Å². The summed E-state index contributed by atoms with van der Waals surface area (Å²) in [5, 5.41) is 23.5. The van der Waals surface area contributed by atoms with Gasteiger partial charge in [-0.15, -0.1) is 10.2 Å². The van der Waals surface area contributed by atoms with Crippen LogP contribution in [-0.4, -0.2) is 56.9 Å². The minimum atomic E-state index is -3.77. The average Bonchev–Trinajstić information content (AvgIpc) is 3.86. The summed E-state index contributed by atoms with van der Waals surface area (Å²) in [4.78, 5) is 7.86. The molecule has 0 bridgehead atoms. The molecule has 236 valence electrons. The van der Waals surface area contributed by atoms with Crippen LogP contribution in [0.1, 0.15) is 72.9 Å². The van der Waals surface area contributed by atoms with Crippen molar-refractivity contribution in [2.45, 2.75) is 70.9 Å². The van der Waals surface area contributed by atoms with E-state index in [1.807, 2.05) is 72.8 Å². The van der Waals surface area contributed by atoms with Crippen LogP contribution in [0.25, 0.3) is 0 Å². The third kappa shape index (κ3) is 5.05. The zero-order valence-corrected chi connectivity index (χ0v) is 25.6. The van der Waals surface area contributed by atoms with E-state index >= 15 is 0 Å². The largest absolute Gasteiger partial charge is 0.267 e. The van der Waals surface area contributed by atoms with E-state index in [9.17, 15) is 25.6 Å². The zero-order valence-electron chi connectivity index (χ0n) is 24.0. The number of benzene rings is 2. The first kappa shape index (κ1) is 30.1. The van der Waals surface area contributed by atoms with Crippen LogP contribution in [-0.2, 0) is 19.7 Å². The van der Waals surface area contributed by atoms with Crippen molar-refractivity contribution in [2.75, 3.05) is 0 Å². The molecule has 0 unspecified atom stereocenters. The number of hydrogen-bond donors (Lipinski definition) is 0. The van der Waals surface area contributed by atoms with E-state index in [1.165, 1.54) is 9.36 Å². The molecule has 2 aromatic heterocycles. The lowest BCUT2D eigenvalue weighted by Crippen LogP contribution is -2.13. The van der Waals surface area contributed by atoms with E-state index in [-0.39, 0.29) is 46.9 Å². The maximum Gasteiger partial charge on any atom is 0.267 e.